The molecule has 218 valence electrons. The molecule has 0 spiro atoms. The van der Waals surface area contributed by atoms with Crippen LogP contribution < -0.4 is 10.5 Å². The van der Waals surface area contributed by atoms with Crippen LogP contribution in [0.3, 0.4) is 0 Å². The fraction of sp³-hybridized carbons (Fsp3) is 0.483. The van der Waals surface area contributed by atoms with Crippen LogP contribution in [0.25, 0.3) is 11.0 Å². The van der Waals surface area contributed by atoms with Crippen molar-refractivity contribution in [3.05, 3.63) is 53.1 Å². The highest BCUT2D eigenvalue weighted by molar-refractivity contribution is 5.99. The molecule has 3 N–H and O–H groups in total. The molecule has 0 bridgehead atoms. The summed E-state index contributed by atoms with van der Waals surface area (Å²) in [5.41, 5.74) is 8.07. The molecule has 0 unspecified atom stereocenters. The van der Waals surface area contributed by atoms with Crippen molar-refractivity contribution in [2.45, 2.75) is 56.7 Å². The number of H-pyrrole nitrogens is 1. The number of halogens is 4. The number of benzene rings is 1. The van der Waals surface area contributed by atoms with Gasteiger partial charge in [0.2, 0.25) is 5.91 Å². The van der Waals surface area contributed by atoms with Crippen LogP contribution in [0, 0.1) is 11.7 Å². The molecule has 1 saturated carbocycles. The number of alkyl halides is 3. The Labute approximate surface area is 233 Å². The van der Waals surface area contributed by atoms with Gasteiger partial charge in [-0.1, -0.05) is 0 Å². The third-order valence-corrected chi connectivity index (χ3v) is 8.52. The van der Waals surface area contributed by atoms with Gasteiger partial charge < -0.3 is 25.3 Å². The average Bonchev–Trinajstić information content (AvgIpc) is 3.70. The lowest BCUT2D eigenvalue weighted by Gasteiger charge is -2.33. The molecule has 2 amide bonds. The zero-order valence-corrected chi connectivity index (χ0v) is 22.3. The number of aromatic amines is 1. The monoisotopic (exact) mass is 573 g/mol. The first-order chi connectivity index (χ1) is 19.6. The van der Waals surface area contributed by atoms with Crippen LogP contribution in [-0.4, -0.2) is 64.1 Å². The second-order valence-corrected chi connectivity index (χ2v) is 11.2. The molecule has 0 radical (unpaired) electrons. The number of rotatable bonds is 5. The fourth-order valence-electron chi connectivity index (χ4n) is 6.20. The van der Waals surface area contributed by atoms with E-state index in [0.717, 1.165) is 62.0 Å². The second kappa shape index (κ2) is 10.5. The van der Waals surface area contributed by atoms with Gasteiger partial charge in [-0.3, -0.25) is 9.59 Å². The molecule has 0 atom stereocenters. The summed E-state index contributed by atoms with van der Waals surface area (Å²) in [6.45, 7) is 2.13. The number of nitrogens with one attached hydrogen (secondary N) is 1. The van der Waals surface area contributed by atoms with Crippen molar-refractivity contribution in [3.8, 4) is 5.75 Å². The minimum Gasteiger partial charge on any atom is -0.406 e. The van der Waals surface area contributed by atoms with Crippen LogP contribution in [0.1, 0.15) is 72.0 Å². The molecule has 4 heterocycles. The third kappa shape index (κ3) is 5.69. The number of piperidine rings is 2. The first kappa shape index (κ1) is 27.3. The van der Waals surface area contributed by atoms with Crippen molar-refractivity contribution < 1.29 is 31.9 Å². The van der Waals surface area contributed by atoms with Crippen LogP contribution in [0.5, 0.6) is 5.75 Å². The number of aromatic nitrogens is 2. The smallest absolute Gasteiger partial charge is 0.406 e. The number of fused-ring (bicyclic) bond motifs is 1. The topological polar surface area (TPSA) is 105 Å². The maximum absolute atomic E-state index is 15.2. The summed E-state index contributed by atoms with van der Waals surface area (Å²) >= 11 is 0. The van der Waals surface area contributed by atoms with Crippen LogP contribution in [0.2, 0.25) is 0 Å². The number of nitrogens with zero attached hydrogens (tertiary/aromatic N) is 3. The highest BCUT2D eigenvalue weighted by Crippen LogP contribution is 2.39. The third-order valence-electron chi connectivity index (χ3n) is 8.52. The molecule has 1 aliphatic carbocycles. The van der Waals surface area contributed by atoms with E-state index in [1.54, 1.807) is 4.90 Å². The number of pyridine rings is 1. The molecule has 1 aromatic carbocycles. The highest BCUT2D eigenvalue weighted by atomic mass is 19.4. The van der Waals surface area contributed by atoms with Gasteiger partial charge in [0.1, 0.15) is 17.2 Å². The number of carbonyl (C=O) groups excluding carboxylic acids is 2. The quantitative estimate of drug-likeness (QED) is 0.318. The molecule has 3 aromatic rings. The molecule has 41 heavy (non-hydrogen) atoms. The summed E-state index contributed by atoms with van der Waals surface area (Å²) in [5, 5.41) is 0.741. The van der Waals surface area contributed by atoms with E-state index in [2.05, 4.69) is 14.7 Å². The van der Waals surface area contributed by atoms with E-state index in [-0.39, 0.29) is 40.7 Å². The van der Waals surface area contributed by atoms with Crippen molar-refractivity contribution in [2.24, 2.45) is 5.92 Å². The first-order valence-corrected chi connectivity index (χ1v) is 14.0. The number of amides is 2. The molecule has 2 aliphatic heterocycles. The van der Waals surface area contributed by atoms with Gasteiger partial charge in [0, 0.05) is 66.4 Å². The molecule has 12 heteroatoms. The Balaban J connectivity index is 1.13. The van der Waals surface area contributed by atoms with Gasteiger partial charge in [0.25, 0.3) is 5.91 Å². The molecular weight excluding hydrogens is 542 g/mol. The van der Waals surface area contributed by atoms with Gasteiger partial charge >= 0.3 is 6.36 Å². The lowest BCUT2D eigenvalue weighted by molar-refractivity contribution is -0.274. The number of anilines is 1. The number of likely N-dealkylation sites (tertiary alicyclic amines) is 2. The lowest BCUT2D eigenvalue weighted by Crippen LogP contribution is -2.38. The largest absolute Gasteiger partial charge is 0.573 e. The zero-order chi connectivity index (χ0) is 28.9. The summed E-state index contributed by atoms with van der Waals surface area (Å²) in [4.78, 5) is 36.7. The van der Waals surface area contributed by atoms with Crippen molar-refractivity contribution in [1.82, 2.24) is 19.8 Å². The zero-order valence-electron chi connectivity index (χ0n) is 22.3. The Morgan fingerprint density at radius 1 is 0.951 bits per heavy atom. The lowest BCUT2D eigenvalue weighted by atomic mass is 9.87. The van der Waals surface area contributed by atoms with Gasteiger partial charge in [-0.25, -0.2) is 9.37 Å². The van der Waals surface area contributed by atoms with E-state index in [0.29, 0.717) is 37.1 Å². The van der Waals surface area contributed by atoms with E-state index in [1.807, 2.05) is 11.0 Å². The SMILES string of the molecule is Nc1cc(OC(F)(F)F)ccc1C(=O)N1CCC(c2c(F)cnc3[nH]c(C4CCN(C(=O)C5CC5)CC4)cc23)CC1. The van der Waals surface area contributed by atoms with Crippen molar-refractivity contribution in [3.63, 3.8) is 0 Å². The predicted molar refractivity (Wildman–Crippen MR) is 143 cm³/mol. The Morgan fingerprint density at radius 2 is 1.61 bits per heavy atom. The number of nitrogen functional groups attached to an aromatic ring is 1. The molecule has 2 saturated heterocycles. The Kier molecular flexibility index (Phi) is 7.03. The normalized spacial score (nSPS) is 19.1. The van der Waals surface area contributed by atoms with Crippen LogP contribution >= 0.6 is 0 Å². The predicted octanol–water partition coefficient (Wildman–Crippen LogP) is 5.32. The van der Waals surface area contributed by atoms with E-state index < -0.39 is 18.0 Å². The number of nitrogens with two attached hydrogens (primary N) is 1. The molecule has 2 aromatic heterocycles. The van der Waals surface area contributed by atoms with E-state index >= 15 is 4.39 Å². The maximum atomic E-state index is 15.2. The van der Waals surface area contributed by atoms with Gasteiger partial charge in [0.05, 0.1) is 11.8 Å². The molecule has 3 aliphatic rings. The Bertz CT molecular complexity index is 1470. The van der Waals surface area contributed by atoms with E-state index in [1.165, 1.54) is 12.3 Å². The first-order valence-electron chi connectivity index (χ1n) is 14.0. The Morgan fingerprint density at radius 3 is 2.24 bits per heavy atom. The number of ether oxygens (including phenoxy) is 1. The number of carbonyl (C=O) groups is 2. The standard InChI is InChI=1S/C29H31F4N5O3/c30-22-15-35-26-21(14-24(36-26)16-5-9-37(10-6-16)27(39)18-1-2-18)25(22)17-7-11-38(12-8-17)28(40)20-4-3-19(13-23(20)34)41-29(31,32)33/h3-4,13-18H,1-2,5-12,34H2,(H,35,36). The summed E-state index contributed by atoms with van der Waals surface area (Å²) in [6.07, 6.45) is 1.08. The van der Waals surface area contributed by atoms with Gasteiger partial charge in [-0.15, -0.1) is 13.2 Å². The summed E-state index contributed by atoms with van der Waals surface area (Å²) in [7, 11) is 0. The van der Waals surface area contributed by atoms with Crippen LogP contribution in [0.4, 0.5) is 23.2 Å². The number of hydrogen-bond donors (Lipinski definition) is 2. The molecule has 8 nitrogen and oxygen atoms in total. The van der Waals surface area contributed by atoms with E-state index in [4.69, 9.17) is 5.73 Å². The molecule has 3 fully saturated rings. The maximum Gasteiger partial charge on any atom is 0.573 e. The van der Waals surface area contributed by atoms with Gasteiger partial charge in [-0.05, 0) is 62.6 Å². The average molecular weight is 574 g/mol. The van der Waals surface area contributed by atoms with Crippen molar-refractivity contribution in [2.75, 3.05) is 31.9 Å². The van der Waals surface area contributed by atoms with Crippen LogP contribution in [0.15, 0.2) is 30.5 Å². The minimum absolute atomic E-state index is 0.0932. The molecular formula is C29H31F4N5O3. The summed E-state index contributed by atoms with van der Waals surface area (Å²) < 4.78 is 56.6. The van der Waals surface area contributed by atoms with Crippen molar-refractivity contribution in [1.29, 1.82) is 0 Å². The Hall–Kier alpha value is -3.83. The number of hydrogen-bond acceptors (Lipinski definition) is 5. The summed E-state index contributed by atoms with van der Waals surface area (Å²) in [6, 6.07) is 5.26. The minimum atomic E-state index is -4.86. The van der Waals surface area contributed by atoms with Crippen molar-refractivity contribution >= 4 is 28.5 Å². The van der Waals surface area contributed by atoms with Crippen LogP contribution in [-0.2, 0) is 4.79 Å². The van der Waals surface area contributed by atoms with E-state index in [9.17, 15) is 22.8 Å². The summed E-state index contributed by atoms with van der Waals surface area (Å²) in [5.74, 6) is -0.687. The fourth-order valence-corrected chi connectivity index (χ4v) is 6.20. The highest BCUT2D eigenvalue weighted by Gasteiger charge is 2.36. The van der Waals surface area contributed by atoms with Gasteiger partial charge in [0.15, 0.2) is 0 Å². The molecule has 6 rings (SSSR count). The van der Waals surface area contributed by atoms with Gasteiger partial charge in [-0.2, -0.15) is 0 Å². The second-order valence-electron chi connectivity index (χ2n) is 11.2.